The second-order valence-electron chi connectivity index (χ2n) is 4.93. The van der Waals surface area contributed by atoms with Gasteiger partial charge in [0.05, 0.1) is 31.8 Å². The molecule has 0 radical (unpaired) electrons. The number of carbonyl (C=O) groups is 1. The van der Waals surface area contributed by atoms with Crippen molar-refractivity contribution in [2.24, 2.45) is 0 Å². The van der Waals surface area contributed by atoms with Gasteiger partial charge in [-0.15, -0.1) is 0 Å². The van der Waals surface area contributed by atoms with E-state index in [2.05, 4.69) is 0 Å². The number of rotatable bonds is 7. The minimum atomic E-state index is -0.583. The number of allylic oxidation sites excluding steroid dienone is 1. The van der Waals surface area contributed by atoms with Crippen molar-refractivity contribution in [1.29, 1.82) is 0 Å². The van der Waals surface area contributed by atoms with Crippen LogP contribution >= 0.6 is 0 Å². The summed E-state index contributed by atoms with van der Waals surface area (Å²) in [5, 5.41) is 11.0. The molecule has 0 saturated carbocycles. The summed E-state index contributed by atoms with van der Waals surface area (Å²) >= 11 is 0. The fourth-order valence-electron chi connectivity index (χ4n) is 2.30. The summed E-state index contributed by atoms with van der Waals surface area (Å²) < 4.78 is 15.7. The second kappa shape index (κ2) is 7.96. The third kappa shape index (κ3) is 3.95. The fourth-order valence-corrected chi connectivity index (χ4v) is 2.30. The highest BCUT2D eigenvalue weighted by Gasteiger charge is 2.17. The molecule has 0 saturated heterocycles. The van der Waals surface area contributed by atoms with Crippen molar-refractivity contribution in [2.75, 3.05) is 21.3 Å². The molecular formula is C18H17NO6. The SMILES string of the molecule is COc1cc(/C=C/C(=O)c2ccccc2[N+](=O)[O-])cc(OC)c1OC. The number of nitro benzene ring substituents is 1. The third-order valence-corrected chi connectivity index (χ3v) is 3.48. The Morgan fingerprint density at radius 3 is 2.16 bits per heavy atom. The molecule has 0 aromatic heterocycles. The minimum Gasteiger partial charge on any atom is -0.493 e. The first kappa shape index (κ1) is 18.0. The zero-order valence-corrected chi connectivity index (χ0v) is 14.0. The van der Waals surface area contributed by atoms with Crippen LogP contribution in [0.25, 0.3) is 6.08 Å². The largest absolute Gasteiger partial charge is 0.493 e. The van der Waals surface area contributed by atoms with Gasteiger partial charge >= 0.3 is 0 Å². The first-order valence-electron chi connectivity index (χ1n) is 7.27. The number of nitro groups is 1. The van der Waals surface area contributed by atoms with E-state index in [4.69, 9.17) is 14.2 Å². The van der Waals surface area contributed by atoms with E-state index in [1.54, 1.807) is 18.2 Å². The van der Waals surface area contributed by atoms with Crippen molar-refractivity contribution in [2.45, 2.75) is 0 Å². The molecule has 2 aromatic carbocycles. The van der Waals surface area contributed by atoms with Gasteiger partial charge in [-0.05, 0) is 29.8 Å². The highest BCUT2D eigenvalue weighted by Crippen LogP contribution is 2.38. The van der Waals surface area contributed by atoms with Crippen LogP contribution < -0.4 is 14.2 Å². The van der Waals surface area contributed by atoms with Crippen molar-refractivity contribution < 1.29 is 23.9 Å². The lowest BCUT2D eigenvalue weighted by Gasteiger charge is -2.12. The number of hydrogen-bond donors (Lipinski definition) is 0. The first-order chi connectivity index (χ1) is 12.0. The molecule has 0 bridgehead atoms. The van der Waals surface area contributed by atoms with Gasteiger partial charge in [0.1, 0.15) is 0 Å². The van der Waals surface area contributed by atoms with Crippen molar-refractivity contribution >= 4 is 17.5 Å². The molecule has 0 aliphatic rings. The van der Waals surface area contributed by atoms with Crippen LogP contribution in [0.15, 0.2) is 42.5 Å². The topological polar surface area (TPSA) is 87.9 Å². The van der Waals surface area contributed by atoms with Gasteiger partial charge in [0, 0.05) is 6.07 Å². The maximum absolute atomic E-state index is 12.3. The van der Waals surface area contributed by atoms with Crippen molar-refractivity contribution in [3.05, 3.63) is 63.7 Å². The average Bonchev–Trinajstić information content (AvgIpc) is 2.64. The molecule has 7 nitrogen and oxygen atoms in total. The lowest BCUT2D eigenvalue weighted by atomic mass is 10.1. The van der Waals surface area contributed by atoms with Gasteiger partial charge in [-0.1, -0.05) is 18.2 Å². The molecule has 130 valence electrons. The fraction of sp³-hybridized carbons (Fsp3) is 0.167. The van der Waals surface area contributed by atoms with Crippen LogP contribution in [0.4, 0.5) is 5.69 Å². The Morgan fingerprint density at radius 1 is 1.04 bits per heavy atom. The molecule has 0 heterocycles. The summed E-state index contributed by atoms with van der Waals surface area (Å²) in [6.45, 7) is 0. The van der Waals surface area contributed by atoms with E-state index in [0.29, 0.717) is 22.8 Å². The maximum Gasteiger partial charge on any atom is 0.280 e. The van der Waals surface area contributed by atoms with Crippen LogP contribution in [0.5, 0.6) is 17.2 Å². The van der Waals surface area contributed by atoms with E-state index in [1.165, 1.54) is 51.7 Å². The second-order valence-corrected chi connectivity index (χ2v) is 4.93. The van der Waals surface area contributed by atoms with Crippen LogP contribution in [0.2, 0.25) is 0 Å². The van der Waals surface area contributed by atoms with Gasteiger partial charge in [-0.25, -0.2) is 0 Å². The zero-order valence-electron chi connectivity index (χ0n) is 14.0. The summed E-state index contributed by atoms with van der Waals surface area (Å²) in [5.41, 5.74) is 0.416. The average molecular weight is 343 g/mol. The molecule has 2 aromatic rings. The molecule has 25 heavy (non-hydrogen) atoms. The number of nitrogens with zero attached hydrogens (tertiary/aromatic N) is 1. The summed E-state index contributed by atoms with van der Waals surface area (Å²) in [6.07, 6.45) is 2.80. The van der Waals surface area contributed by atoms with E-state index >= 15 is 0 Å². The molecule has 0 aliphatic heterocycles. The molecular weight excluding hydrogens is 326 g/mol. The number of hydrogen-bond acceptors (Lipinski definition) is 6. The van der Waals surface area contributed by atoms with Crippen LogP contribution in [0.1, 0.15) is 15.9 Å². The van der Waals surface area contributed by atoms with Gasteiger partial charge < -0.3 is 14.2 Å². The maximum atomic E-state index is 12.3. The Bertz CT molecular complexity index is 803. The van der Waals surface area contributed by atoms with Gasteiger partial charge in [0.25, 0.3) is 5.69 Å². The number of ketones is 1. The number of ether oxygens (including phenoxy) is 3. The zero-order chi connectivity index (χ0) is 18.4. The molecule has 0 unspecified atom stereocenters. The summed E-state index contributed by atoms with van der Waals surface area (Å²) in [6, 6.07) is 9.14. The monoisotopic (exact) mass is 343 g/mol. The lowest BCUT2D eigenvalue weighted by Crippen LogP contribution is -2.00. The van der Waals surface area contributed by atoms with Crippen LogP contribution in [-0.4, -0.2) is 32.0 Å². The van der Waals surface area contributed by atoms with Crippen LogP contribution in [-0.2, 0) is 0 Å². The summed E-state index contributed by atoms with van der Waals surface area (Å²) in [5.74, 6) is 0.854. The van der Waals surface area contributed by atoms with Crippen molar-refractivity contribution in [3.8, 4) is 17.2 Å². The Kier molecular flexibility index (Phi) is 5.73. The normalized spacial score (nSPS) is 10.5. The first-order valence-corrected chi connectivity index (χ1v) is 7.27. The Hall–Kier alpha value is -3.35. The van der Waals surface area contributed by atoms with E-state index in [1.807, 2.05) is 0 Å². The van der Waals surface area contributed by atoms with Crippen LogP contribution in [0, 0.1) is 10.1 Å². The molecule has 0 amide bonds. The highest BCUT2D eigenvalue weighted by atomic mass is 16.6. The van der Waals surface area contributed by atoms with E-state index in [0.717, 1.165) is 0 Å². The van der Waals surface area contributed by atoms with E-state index in [9.17, 15) is 14.9 Å². The van der Waals surface area contributed by atoms with E-state index < -0.39 is 10.7 Å². The third-order valence-electron chi connectivity index (χ3n) is 3.48. The molecule has 7 heteroatoms. The molecule has 0 atom stereocenters. The van der Waals surface area contributed by atoms with Gasteiger partial charge in [0.15, 0.2) is 17.3 Å². The molecule has 0 aliphatic carbocycles. The number of benzene rings is 2. The Labute approximate surface area is 144 Å². The molecule has 0 fully saturated rings. The number of methoxy groups -OCH3 is 3. The predicted molar refractivity (Wildman–Crippen MR) is 92.6 cm³/mol. The smallest absolute Gasteiger partial charge is 0.280 e. The lowest BCUT2D eigenvalue weighted by molar-refractivity contribution is -0.385. The summed E-state index contributed by atoms with van der Waals surface area (Å²) in [7, 11) is 4.47. The molecule has 2 rings (SSSR count). The van der Waals surface area contributed by atoms with Crippen LogP contribution in [0.3, 0.4) is 0 Å². The molecule has 0 spiro atoms. The Morgan fingerprint density at radius 2 is 1.64 bits per heavy atom. The van der Waals surface area contributed by atoms with Gasteiger partial charge in [0.2, 0.25) is 5.75 Å². The predicted octanol–water partition coefficient (Wildman–Crippen LogP) is 3.52. The van der Waals surface area contributed by atoms with Gasteiger partial charge in [-0.3, -0.25) is 14.9 Å². The van der Waals surface area contributed by atoms with Crippen molar-refractivity contribution in [1.82, 2.24) is 0 Å². The van der Waals surface area contributed by atoms with Gasteiger partial charge in [-0.2, -0.15) is 0 Å². The van der Waals surface area contributed by atoms with E-state index in [-0.39, 0.29) is 11.3 Å². The van der Waals surface area contributed by atoms with Crippen molar-refractivity contribution in [3.63, 3.8) is 0 Å². The number of carbonyl (C=O) groups excluding carboxylic acids is 1. The minimum absolute atomic E-state index is 0.0243. The number of para-hydroxylation sites is 1. The standard InChI is InChI=1S/C18H17NO6/c1-23-16-10-12(11-17(24-2)18(16)25-3)8-9-15(20)13-6-4-5-7-14(13)19(21)22/h4-11H,1-3H3/b9-8+. The summed E-state index contributed by atoms with van der Waals surface area (Å²) in [4.78, 5) is 22.7. The quantitative estimate of drug-likeness (QED) is 0.331. The Balaban J connectivity index is 2.36. The molecule has 0 N–H and O–H groups in total. The highest BCUT2D eigenvalue weighted by molar-refractivity contribution is 6.09.